The van der Waals surface area contributed by atoms with Crippen LogP contribution in [0, 0.1) is 0 Å². The molecule has 7 nitrogen and oxygen atoms in total. The number of pyridine rings is 2. The maximum Gasteiger partial charge on any atom is 0.415 e. The Morgan fingerprint density at radius 1 is 1.32 bits per heavy atom. The van der Waals surface area contributed by atoms with Crippen molar-refractivity contribution in [1.29, 1.82) is 0 Å². The SMILES string of the molecule is CCc1cc2ncc(CN3C=CC(=C4C=NC(C(=O)NC)C(C(F)(F)F)=C4)CC3)cc2[nH]c1=O. The summed E-state index contributed by atoms with van der Waals surface area (Å²) in [5.41, 5.74) is 2.93. The highest BCUT2D eigenvalue weighted by atomic mass is 19.4. The van der Waals surface area contributed by atoms with Gasteiger partial charge in [0.05, 0.1) is 16.6 Å². The lowest BCUT2D eigenvalue weighted by Crippen LogP contribution is -2.38. The van der Waals surface area contributed by atoms with Gasteiger partial charge in [-0.1, -0.05) is 6.92 Å². The Hall–Kier alpha value is -3.69. The van der Waals surface area contributed by atoms with E-state index in [0.717, 1.165) is 17.2 Å². The quantitative estimate of drug-likeness (QED) is 0.717. The van der Waals surface area contributed by atoms with Crippen LogP contribution < -0.4 is 10.9 Å². The van der Waals surface area contributed by atoms with Gasteiger partial charge in [-0.2, -0.15) is 13.2 Å². The minimum Gasteiger partial charge on any atom is -0.373 e. The Morgan fingerprint density at radius 3 is 2.76 bits per heavy atom. The number of hydrogen-bond donors (Lipinski definition) is 2. The summed E-state index contributed by atoms with van der Waals surface area (Å²) in [5, 5.41) is 2.22. The standard InChI is InChI=1S/C24H24F3N5O2/c1-3-15-10-19-20(31-22(15)33)8-14(11-29-19)13-32-6-4-16(5-7-32)17-9-18(24(25,26)27)21(30-12-17)23(34)28-2/h4,6,8-12,21H,3,5,7,13H2,1-2H3,(H,28,34)(H,31,33). The van der Waals surface area contributed by atoms with Crippen molar-refractivity contribution in [3.05, 3.63) is 74.9 Å². The van der Waals surface area contributed by atoms with E-state index >= 15 is 0 Å². The Bertz CT molecular complexity index is 1300. The van der Waals surface area contributed by atoms with E-state index in [1.165, 1.54) is 13.3 Å². The molecule has 0 aliphatic carbocycles. The zero-order valence-corrected chi connectivity index (χ0v) is 18.7. The molecule has 2 aromatic heterocycles. The van der Waals surface area contributed by atoms with E-state index in [4.69, 9.17) is 0 Å². The fourth-order valence-corrected chi connectivity index (χ4v) is 4.02. The molecule has 2 aromatic rings. The van der Waals surface area contributed by atoms with Crippen molar-refractivity contribution in [1.82, 2.24) is 20.2 Å². The number of nitrogens with zero attached hydrogens (tertiary/aromatic N) is 3. The third kappa shape index (κ3) is 4.80. The zero-order chi connectivity index (χ0) is 24.5. The lowest BCUT2D eigenvalue weighted by Gasteiger charge is -2.27. The van der Waals surface area contributed by atoms with Crippen LogP contribution in [0.5, 0.6) is 0 Å². The molecule has 0 fully saturated rings. The van der Waals surface area contributed by atoms with Gasteiger partial charge in [-0.15, -0.1) is 0 Å². The molecule has 34 heavy (non-hydrogen) atoms. The number of aromatic nitrogens is 2. The van der Waals surface area contributed by atoms with Gasteiger partial charge >= 0.3 is 6.18 Å². The number of aliphatic imine (C=N–C) groups is 1. The summed E-state index contributed by atoms with van der Waals surface area (Å²) in [6, 6.07) is 2.08. The van der Waals surface area contributed by atoms with E-state index in [1.807, 2.05) is 24.1 Å². The first-order valence-corrected chi connectivity index (χ1v) is 10.9. The number of rotatable bonds is 4. The minimum absolute atomic E-state index is 0.123. The topological polar surface area (TPSA) is 90.4 Å². The van der Waals surface area contributed by atoms with Gasteiger partial charge in [0.1, 0.15) is 0 Å². The number of fused-ring (bicyclic) bond motifs is 1. The van der Waals surface area contributed by atoms with E-state index in [1.54, 1.807) is 18.3 Å². The molecule has 1 atom stereocenters. The van der Waals surface area contributed by atoms with Gasteiger partial charge < -0.3 is 15.2 Å². The molecule has 0 radical (unpaired) electrons. The largest absolute Gasteiger partial charge is 0.415 e. The van der Waals surface area contributed by atoms with Gasteiger partial charge in [0, 0.05) is 38.1 Å². The molecular weight excluding hydrogens is 447 g/mol. The number of H-pyrrole nitrogens is 1. The Morgan fingerprint density at radius 2 is 2.12 bits per heavy atom. The van der Waals surface area contributed by atoms with E-state index in [9.17, 15) is 22.8 Å². The van der Waals surface area contributed by atoms with Crippen LogP contribution in [-0.4, -0.2) is 52.8 Å². The number of halogens is 3. The highest BCUT2D eigenvalue weighted by Crippen LogP contribution is 2.34. The Balaban J connectivity index is 1.53. The Labute approximate surface area is 193 Å². The van der Waals surface area contributed by atoms with Gasteiger partial charge in [-0.05, 0) is 60.0 Å². The molecule has 1 amide bonds. The van der Waals surface area contributed by atoms with Crippen LogP contribution in [0.4, 0.5) is 13.2 Å². The summed E-state index contributed by atoms with van der Waals surface area (Å²) in [7, 11) is 1.28. The predicted molar refractivity (Wildman–Crippen MR) is 123 cm³/mol. The molecule has 4 rings (SSSR count). The minimum atomic E-state index is -4.66. The normalized spacial score (nSPS) is 20.6. The number of carbonyl (C=O) groups excluding carboxylic acids is 1. The number of amides is 1. The fraction of sp³-hybridized carbons (Fsp3) is 0.333. The van der Waals surface area contributed by atoms with Crippen LogP contribution in [0.2, 0.25) is 0 Å². The third-order valence-electron chi connectivity index (χ3n) is 5.91. The van der Waals surface area contributed by atoms with Gasteiger partial charge in [0.25, 0.3) is 5.56 Å². The molecule has 0 aromatic carbocycles. The second-order valence-corrected chi connectivity index (χ2v) is 8.16. The number of aromatic amines is 1. The van der Waals surface area contributed by atoms with Crippen LogP contribution in [0.1, 0.15) is 24.5 Å². The molecule has 0 spiro atoms. The van der Waals surface area contributed by atoms with E-state index < -0.39 is 23.7 Å². The van der Waals surface area contributed by atoms with Gasteiger partial charge in [-0.3, -0.25) is 19.6 Å². The third-order valence-corrected chi connectivity index (χ3v) is 5.91. The average molecular weight is 471 g/mol. The molecule has 1 unspecified atom stereocenters. The summed E-state index contributed by atoms with van der Waals surface area (Å²) in [6.45, 7) is 3.03. The first-order chi connectivity index (χ1) is 16.2. The molecule has 0 saturated carbocycles. The van der Waals surface area contributed by atoms with Gasteiger partial charge in [-0.25, -0.2) is 0 Å². The van der Waals surface area contributed by atoms with E-state index in [2.05, 4.69) is 20.3 Å². The van der Waals surface area contributed by atoms with Crippen LogP contribution >= 0.6 is 0 Å². The van der Waals surface area contributed by atoms with Crippen LogP contribution in [0.25, 0.3) is 11.0 Å². The zero-order valence-electron chi connectivity index (χ0n) is 18.7. The van der Waals surface area contributed by atoms with E-state index in [-0.39, 0.29) is 5.56 Å². The number of carbonyl (C=O) groups is 1. The number of dihydropyridines is 1. The maximum absolute atomic E-state index is 13.5. The van der Waals surface area contributed by atoms with Crippen molar-refractivity contribution < 1.29 is 18.0 Å². The number of alkyl halides is 3. The highest BCUT2D eigenvalue weighted by Gasteiger charge is 2.42. The molecule has 2 aliphatic heterocycles. The predicted octanol–water partition coefficient (Wildman–Crippen LogP) is 3.19. The molecule has 4 heterocycles. The summed E-state index contributed by atoms with van der Waals surface area (Å²) in [6.07, 6.45) is 4.16. The van der Waals surface area contributed by atoms with Crippen LogP contribution in [-0.2, 0) is 17.8 Å². The molecule has 0 bridgehead atoms. The lowest BCUT2D eigenvalue weighted by molar-refractivity contribution is -0.126. The Kier molecular flexibility index (Phi) is 6.41. The van der Waals surface area contributed by atoms with Crippen molar-refractivity contribution in [3.8, 4) is 0 Å². The average Bonchev–Trinajstić information content (AvgIpc) is 2.82. The van der Waals surface area contributed by atoms with Crippen molar-refractivity contribution in [2.45, 2.75) is 38.5 Å². The summed E-state index contributed by atoms with van der Waals surface area (Å²) < 4.78 is 40.5. The maximum atomic E-state index is 13.5. The summed E-state index contributed by atoms with van der Waals surface area (Å²) >= 11 is 0. The monoisotopic (exact) mass is 471 g/mol. The molecule has 0 saturated heterocycles. The molecule has 10 heteroatoms. The summed E-state index contributed by atoms with van der Waals surface area (Å²) in [5.74, 6) is -0.800. The van der Waals surface area contributed by atoms with Crippen LogP contribution in [0.15, 0.2) is 63.2 Å². The lowest BCUT2D eigenvalue weighted by atomic mass is 9.95. The van der Waals surface area contributed by atoms with Crippen molar-refractivity contribution in [2.75, 3.05) is 13.6 Å². The number of nitrogens with one attached hydrogen (secondary N) is 2. The van der Waals surface area contributed by atoms with Crippen molar-refractivity contribution >= 4 is 23.2 Å². The van der Waals surface area contributed by atoms with Crippen LogP contribution in [0.3, 0.4) is 0 Å². The number of allylic oxidation sites excluding steroid dienone is 3. The van der Waals surface area contributed by atoms with Gasteiger partial charge in [0.2, 0.25) is 5.91 Å². The number of aryl methyl sites for hydroxylation is 1. The molecular formula is C24H24F3N5O2. The first kappa shape index (κ1) is 23.5. The fourth-order valence-electron chi connectivity index (χ4n) is 4.02. The second kappa shape index (κ2) is 9.28. The highest BCUT2D eigenvalue weighted by molar-refractivity contribution is 5.94. The molecule has 2 N–H and O–H groups in total. The molecule has 2 aliphatic rings. The van der Waals surface area contributed by atoms with E-state index in [0.29, 0.717) is 48.2 Å². The van der Waals surface area contributed by atoms with Gasteiger partial charge in [0.15, 0.2) is 6.04 Å². The first-order valence-electron chi connectivity index (χ1n) is 10.9. The molecule has 178 valence electrons. The number of likely N-dealkylation sites (N-methyl/N-ethyl adjacent to an activating group) is 1. The summed E-state index contributed by atoms with van der Waals surface area (Å²) in [4.78, 5) is 37.1. The smallest absolute Gasteiger partial charge is 0.373 e. The van der Waals surface area contributed by atoms with Crippen molar-refractivity contribution in [3.63, 3.8) is 0 Å². The van der Waals surface area contributed by atoms with Crippen molar-refractivity contribution in [2.24, 2.45) is 4.99 Å². The number of hydrogen-bond acceptors (Lipinski definition) is 5. The second-order valence-electron chi connectivity index (χ2n) is 8.16.